The minimum Gasteiger partial charge on any atom is -0.334 e. The summed E-state index contributed by atoms with van der Waals surface area (Å²) >= 11 is 5.52. The van der Waals surface area contributed by atoms with Crippen LogP contribution in [0.25, 0.3) is 0 Å². The maximum Gasteiger partial charge on any atom is 0.261 e. The smallest absolute Gasteiger partial charge is 0.261 e. The molecule has 0 aliphatic carbocycles. The van der Waals surface area contributed by atoms with Gasteiger partial charge in [-0.2, -0.15) is 4.31 Å². The molecule has 92 valence electrons. The molecule has 0 spiro atoms. The molecule has 1 rings (SSSR count). The highest BCUT2D eigenvalue weighted by Gasteiger charge is 2.23. The van der Waals surface area contributed by atoms with E-state index in [9.17, 15) is 8.42 Å². The Bertz CT molecular complexity index is 455. The molecular weight excluding hydrogens is 250 g/mol. The Balaban J connectivity index is 3.07. The van der Waals surface area contributed by atoms with Crippen LogP contribution in [0.3, 0.4) is 0 Å². The van der Waals surface area contributed by atoms with Crippen LogP contribution < -0.4 is 0 Å². The van der Waals surface area contributed by atoms with Crippen molar-refractivity contribution in [2.24, 2.45) is 0 Å². The molecule has 0 radical (unpaired) electrons. The number of aryl methyl sites for hydroxylation is 2. The maximum atomic E-state index is 12.0. The number of hydrogen-bond donors (Lipinski definition) is 0. The molecule has 0 saturated carbocycles. The van der Waals surface area contributed by atoms with Gasteiger partial charge < -0.3 is 4.57 Å². The molecule has 0 bridgehead atoms. The summed E-state index contributed by atoms with van der Waals surface area (Å²) in [4.78, 5) is 4.05. The lowest BCUT2D eigenvalue weighted by Gasteiger charge is -2.13. The molecule has 0 aromatic carbocycles. The molecule has 0 amide bonds. The molecule has 1 aromatic rings. The Morgan fingerprint density at radius 2 is 2.19 bits per heavy atom. The Hall–Kier alpha value is -0.590. The fourth-order valence-corrected chi connectivity index (χ4v) is 2.84. The van der Waals surface area contributed by atoms with Gasteiger partial charge in [0.1, 0.15) is 5.82 Å². The molecular formula is C9H16ClN3O2S. The van der Waals surface area contributed by atoms with Crippen LogP contribution in [0.2, 0.25) is 0 Å². The van der Waals surface area contributed by atoms with Crippen molar-refractivity contribution < 1.29 is 8.42 Å². The zero-order valence-corrected chi connectivity index (χ0v) is 11.2. The normalized spacial score (nSPS) is 12.3. The van der Waals surface area contributed by atoms with E-state index in [1.54, 1.807) is 17.7 Å². The summed E-state index contributed by atoms with van der Waals surface area (Å²) < 4.78 is 27.0. The summed E-state index contributed by atoms with van der Waals surface area (Å²) in [6.07, 6.45) is 1.55. The number of imidazole rings is 1. The van der Waals surface area contributed by atoms with Gasteiger partial charge in [0.25, 0.3) is 10.0 Å². The van der Waals surface area contributed by atoms with Gasteiger partial charge in [0.2, 0.25) is 0 Å². The van der Waals surface area contributed by atoms with Crippen LogP contribution in [0.5, 0.6) is 0 Å². The second-order valence-corrected chi connectivity index (χ2v) is 5.80. The van der Waals surface area contributed by atoms with Crippen molar-refractivity contribution in [1.29, 1.82) is 0 Å². The van der Waals surface area contributed by atoms with E-state index < -0.39 is 10.0 Å². The fraction of sp³-hybridized carbons (Fsp3) is 0.667. The molecule has 1 aromatic heterocycles. The lowest BCUT2D eigenvalue weighted by atomic mass is 10.6. The molecule has 0 aliphatic heterocycles. The maximum absolute atomic E-state index is 12.0. The summed E-state index contributed by atoms with van der Waals surface area (Å²) in [5, 5.41) is 0.0828. The van der Waals surface area contributed by atoms with Gasteiger partial charge >= 0.3 is 0 Å². The van der Waals surface area contributed by atoms with Gasteiger partial charge in [-0.15, -0.1) is 11.6 Å². The largest absolute Gasteiger partial charge is 0.334 e. The van der Waals surface area contributed by atoms with Gasteiger partial charge in [-0.05, 0) is 13.8 Å². The molecule has 1 heterocycles. The average Bonchev–Trinajstić information content (AvgIpc) is 2.60. The van der Waals surface area contributed by atoms with Crippen molar-refractivity contribution >= 4 is 21.6 Å². The Morgan fingerprint density at radius 1 is 1.56 bits per heavy atom. The van der Waals surface area contributed by atoms with Crippen molar-refractivity contribution in [2.45, 2.75) is 25.4 Å². The minimum atomic E-state index is -3.50. The predicted octanol–water partition coefficient (Wildman–Crippen LogP) is 1.07. The first-order valence-corrected chi connectivity index (χ1v) is 6.97. The third-order valence-electron chi connectivity index (χ3n) is 2.37. The van der Waals surface area contributed by atoms with E-state index in [1.807, 2.05) is 6.92 Å². The van der Waals surface area contributed by atoms with E-state index >= 15 is 0 Å². The van der Waals surface area contributed by atoms with Crippen LogP contribution in [0, 0.1) is 6.92 Å². The summed E-state index contributed by atoms with van der Waals surface area (Å²) in [5.74, 6) is 0.962. The van der Waals surface area contributed by atoms with Crippen molar-refractivity contribution in [1.82, 2.24) is 13.9 Å². The zero-order chi connectivity index (χ0) is 12.3. The van der Waals surface area contributed by atoms with Crippen molar-refractivity contribution in [3.05, 3.63) is 12.0 Å². The predicted molar refractivity (Wildman–Crippen MR) is 63.2 cm³/mol. The van der Waals surface area contributed by atoms with Crippen LogP contribution in [0.1, 0.15) is 12.7 Å². The van der Waals surface area contributed by atoms with Gasteiger partial charge in [0.15, 0.2) is 5.03 Å². The van der Waals surface area contributed by atoms with Gasteiger partial charge in [0.05, 0.1) is 0 Å². The quantitative estimate of drug-likeness (QED) is 0.749. The zero-order valence-electron chi connectivity index (χ0n) is 9.64. The van der Waals surface area contributed by atoms with E-state index in [0.29, 0.717) is 12.4 Å². The lowest BCUT2D eigenvalue weighted by molar-refractivity contribution is 0.485. The molecule has 0 unspecified atom stereocenters. The highest BCUT2D eigenvalue weighted by molar-refractivity contribution is 7.89. The number of hydrogen-bond acceptors (Lipinski definition) is 3. The second kappa shape index (κ2) is 5.16. The van der Waals surface area contributed by atoms with Gasteiger partial charge in [-0.25, -0.2) is 13.4 Å². The SMILES string of the molecule is CCn1cc(S(=O)(=O)N(C)CCCl)nc1C. The van der Waals surface area contributed by atoms with Crippen molar-refractivity contribution in [2.75, 3.05) is 19.5 Å². The van der Waals surface area contributed by atoms with E-state index in [4.69, 9.17) is 11.6 Å². The molecule has 0 saturated heterocycles. The number of rotatable bonds is 5. The van der Waals surface area contributed by atoms with E-state index in [1.165, 1.54) is 11.4 Å². The molecule has 0 atom stereocenters. The standard InChI is InChI=1S/C9H16ClN3O2S/c1-4-13-7-9(11-8(13)2)16(14,15)12(3)6-5-10/h7H,4-6H2,1-3H3. The van der Waals surface area contributed by atoms with Crippen molar-refractivity contribution in [3.63, 3.8) is 0 Å². The summed E-state index contributed by atoms with van der Waals surface area (Å²) in [6.45, 7) is 4.70. The topological polar surface area (TPSA) is 55.2 Å². The molecule has 0 aliphatic rings. The molecule has 5 nitrogen and oxygen atoms in total. The van der Waals surface area contributed by atoms with Gasteiger partial charge in [-0.3, -0.25) is 0 Å². The molecule has 0 fully saturated rings. The Kier molecular flexibility index (Phi) is 4.35. The number of aromatic nitrogens is 2. The molecule has 0 N–H and O–H groups in total. The van der Waals surface area contributed by atoms with E-state index in [-0.39, 0.29) is 17.5 Å². The van der Waals surface area contributed by atoms with Gasteiger partial charge in [-0.1, -0.05) is 0 Å². The first kappa shape index (κ1) is 13.5. The monoisotopic (exact) mass is 265 g/mol. The first-order valence-electron chi connectivity index (χ1n) is 4.99. The highest BCUT2D eigenvalue weighted by Crippen LogP contribution is 2.13. The number of halogens is 1. The fourth-order valence-electron chi connectivity index (χ4n) is 1.32. The summed E-state index contributed by atoms with van der Waals surface area (Å²) in [6, 6.07) is 0. The van der Waals surface area contributed by atoms with Gasteiger partial charge in [0, 0.05) is 32.2 Å². The summed E-state index contributed by atoms with van der Waals surface area (Å²) in [7, 11) is -2.00. The van der Waals surface area contributed by atoms with E-state index in [2.05, 4.69) is 4.98 Å². The van der Waals surface area contributed by atoms with Crippen LogP contribution in [0.4, 0.5) is 0 Å². The lowest BCUT2D eigenvalue weighted by Crippen LogP contribution is -2.29. The first-order chi connectivity index (χ1) is 7.43. The van der Waals surface area contributed by atoms with E-state index in [0.717, 1.165) is 0 Å². The van der Waals surface area contributed by atoms with Crippen LogP contribution >= 0.6 is 11.6 Å². The van der Waals surface area contributed by atoms with Crippen molar-refractivity contribution in [3.8, 4) is 0 Å². The van der Waals surface area contributed by atoms with Crippen LogP contribution in [-0.2, 0) is 16.6 Å². The van der Waals surface area contributed by atoms with Crippen LogP contribution in [0.15, 0.2) is 11.2 Å². The second-order valence-electron chi connectivity index (χ2n) is 3.43. The molecule has 16 heavy (non-hydrogen) atoms. The van der Waals surface area contributed by atoms with Crippen LogP contribution in [-0.4, -0.2) is 41.7 Å². The minimum absolute atomic E-state index is 0.0828. The highest BCUT2D eigenvalue weighted by atomic mass is 35.5. The number of nitrogens with zero attached hydrogens (tertiary/aromatic N) is 3. The molecule has 7 heteroatoms. The average molecular weight is 266 g/mol. The third-order valence-corrected chi connectivity index (χ3v) is 4.27. The number of sulfonamides is 1. The Labute approximate surface area is 101 Å². The summed E-state index contributed by atoms with van der Waals surface area (Å²) in [5.41, 5.74) is 0. The Morgan fingerprint density at radius 3 is 2.62 bits per heavy atom. The number of alkyl halides is 1. The third kappa shape index (κ3) is 2.56.